The highest BCUT2D eigenvalue weighted by Gasteiger charge is 2.26. The highest BCUT2D eigenvalue weighted by atomic mass is 35.5. The lowest BCUT2D eigenvalue weighted by atomic mass is 9.96. The van der Waals surface area contributed by atoms with Crippen LogP contribution in [0.2, 0.25) is 0 Å². The van der Waals surface area contributed by atoms with Crippen molar-refractivity contribution in [3.8, 4) is 0 Å². The maximum absolute atomic E-state index is 12.4. The Morgan fingerprint density at radius 1 is 1.13 bits per heavy atom. The summed E-state index contributed by atoms with van der Waals surface area (Å²) in [6.07, 6.45) is 6.46. The normalized spacial score (nSPS) is 19.0. The third kappa shape index (κ3) is 5.23. The van der Waals surface area contributed by atoms with Crippen molar-refractivity contribution in [1.29, 1.82) is 0 Å². The molecule has 1 amide bonds. The van der Waals surface area contributed by atoms with Gasteiger partial charge in [-0.15, -0.1) is 24.8 Å². The van der Waals surface area contributed by atoms with Gasteiger partial charge in [0.15, 0.2) is 0 Å². The van der Waals surface area contributed by atoms with Crippen molar-refractivity contribution >= 4 is 36.4 Å². The lowest BCUT2D eigenvalue weighted by Crippen LogP contribution is -2.41. The summed E-state index contributed by atoms with van der Waals surface area (Å²) in [5.41, 5.74) is 6.70. The number of rotatable bonds is 3. The van der Waals surface area contributed by atoms with Gasteiger partial charge in [-0.1, -0.05) is 0 Å². The summed E-state index contributed by atoms with van der Waals surface area (Å²) in [6, 6.07) is 3.45. The number of amides is 1. The van der Waals surface area contributed by atoms with Crippen molar-refractivity contribution in [3.63, 3.8) is 0 Å². The second-order valence-corrected chi connectivity index (χ2v) is 6.22. The van der Waals surface area contributed by atoms with E-state index in [0.29, 0.717) is 11.4 Å². The molecule has 3 rings (SSSR count). The summed E-state index contributed by atoms with van der Waals surface area (Å²) < 4.78 is 0. The maximum Gasteiger partial charge on any atom is 0.272 e. The van der Waals surface area contributed by atoms with Gasteiger partial charge in [-0.2, -0.15) is 0 Å². The Bertz CT molecular complexity index is 483. The van der Waals surface area contributed by atoms with E-state index < -0.39 is 0 Å². The molecule has 7 heteroatoms. The summed E-state index contributed by atoms with van der Waals surface area (Å²) in [7, 11) is 0. The van der Waals surface area contributed by atoms with Crippen molar-refractivity contribution in [3.05, 3.63) is 24.0 Å². The van der Waals surface area contributed by atoms with Crippen LogP contribution in [0.5, 0.6) is 0 Å². The highest BCUT2D eigenvalue weighted by molar-refractivity contribution is 5.92. The van der Waals surface area contributed by atoms with Gasteiger partial charge in [0.1, 0.15) is 5.69 Å². The van der Waals surface area contributed by atoms with Crippen LogP contribution in [-0.4, -0.2) is 53.4 Å². The molecule has 0 aliphatic carbocycles. The van der Waals surface area contributed by atoms with E-state index in [0.717, 1.165) is 31.8 Å². The molecule has 130 valence electrons. The molecule has 2 aliphatic heterocycles. The van der Waals surface area contributed by atoms with E-state index in [4.69, 9.17) is 5.73 Å². The first-order chi connectivity index (χ1) is 10.2. The molecule has 2 aliphatic rings. The van der Waals surface area contributed by atoms with Crippen molar-refractivity contribution in [2.45, 2.75) is 25.7 Å². The number of anilines is 1. The zero-order valence-electron chi connectivity index (χ0n) is 13.3. The second kappa shape index (κ2) is 9.30. The van der Waals surface area contributed by atoms with Gasteiger partial charge in [-0.25, -0.2) is 4.98 Å². The number of aromatic nitrogens is 1. The van der Waals surface area contributed by atoms with Crippen molar-refractivity contribution in [2.24, 2.45) is 5.92 Å². The Kier molecular flexibility index (Phi) is 8.09. The molecule has 0 radical (unpaired) electrons. The van der Waals surface area contributed by atoms with E-state index in [2.05, 4.69) is 9.88 Å². The minimum absolute atomic E-state index is 0. The van der Waals surface area contributed by atoms with Crippen LogP contribution in [0.4, 0.5) is 5.69 Å². The number of hydrogen-bond donors (Lipinski definition) is 1. The van der Waals surface area contributed by atoms with E-state index in [1.54, 1.807) is 18.3 Å². The molecule has 23 heavy (non-hydrogen) atoms. The van der Waals surface area contributed by atoms with Crippen LogP contribution in [0, 0.1) is 5.92 Å². The van der Waals surface area contributed by atoms with Crippen LogP contribution in [0.15, 0.2) is 18.3 Å². The molecule has 2 N–H and O–H groups in total. The Labute approximate surface area is 150 Å². The predicted octanol–water partition coefficient (Wildman–Crippen LogP) is 2.46. The lowest BCUT2D eigenvalue weighted by molar-refractivity contribution is 0.0667. The summed E-state index contributed by atoms with van der Waals surface area (Å²) in [5.74, 6) is 0.779. The Morgan fingerprint density at radius 3 is 2.35 bits per heavy atom. The third-order valence-electron chi connectivity index (χ3n) is 4.62. The number of carbonyl (C=O) groups excluding carboxylic acids is 1. The summed E-state index contributed by atoms with van der Waals surface area (Å²) >= 11 is 0. The molecular formula is C16H26Cl2N4O. The molecule has 0 saturated carbocycles. The van der Waals surface area contributed by atoms with Crippen LogP contribution in [0.3, 0.4) is 0 Å². The number of carbonyl (C=O) groups is 1. The standard InChI is InChI=1S/C16H24N4O.2ClH/c17-14-3-4-15(18-11-14)16(21)20-9-5-13(6-10-20)12-19-7-1-2-8-19;;/h3-4,11,13H,1-2,5-10,12,17H2;2*1H. The summed E-state index contributed by atoms with van der Waals surface area (Å²) in [6.45, 7) is 5.43. The third-order valence-corrected chi connectivity index (χ3v) is 4.62. The van der Waals surface area contributed by atoms with Gasteiger partial charge in [0, 0.05) is 19.6 Å². The number of hydrogen-bond acceptors (Lipinski definition) is 4. The fraction of sp³-hybridized carbons (Fsp3) is 0.625. The maximum atomic E-state index is 12.4. The van der Waals surface area contributed by atoms with Crippen LogP contribution in [0.25, 0.3) is 0 Å². The molecular weight excluding hydrogens is 335 g/mol. The predicted molar refractivity (Wildman–Crippen MR) is 97.4 cm³/mol. The number of likely N-dealkylation sites (tertiary alicyclic amines) is 2. The van der Waals surface area contributed by atoms with Gasteiger partial charge in [0.2, 0.25) is 0 Å². The molecule has 5 nitrogen and oxygen atoms in total. The Balaban J connectivity index is 0.00000132. The van der Waals surface area contributed by atoms with E-state index >= 15 is 0 Å². The van der Waals surface area contributed by atoms with Crippen molar-refractivity contribution in [2.75, 3.05) is 38.5 Å². The fourth-order valence-electron chi connectivity index (χ4n) is 3.34. The lowest BCUT2D eigenvalue weighted by Gasteiger charge is -2.33. The molecule has 3 heterocycles. The van der Waals surface area contributed by atoms with Crippen LogP contribution in [0.1, 0.15) is 36.2 Å². The largest absolute Gasteiger partial charge is 0.397 e. The van der Waals surface area contributed by atoms with Crippen molar-refractivity contribution in [1.82, 2.24) is 14.8 Å². The molecule has 0 aromatic carbocycles. The van der Waals surface area contributed by atoms with Crippen LogP contribution < -0.4 is 5.73 Å². The number of halogens is 2. The fourth-order valence-corrected chi connectivity index (χ4v) is 3.34. The SMILES string of the molecule is Cl.Cl.Nc1ccc(C(=O)N2CCC(CN3CCCC3)CC2)nc1. The Hall–Kier alpha value is -1.04. The quantitative estimate of drug-likeness (QED) is 0.898. The number of pyridine rings is 1. The number of nitrogen functional groups attached to an aromatic ring is 1. The van der Waals surface area contributed by atoms with E-state index in [-0.39, 0.29) is 30.7 Å². The zero-order chi connectivity index (χ0) is 14.7. The monoisotopic (exact) mass is 360 g/mol. The molecule has 0 spiro atoms. The van der Waals surface area contributed by atoms with E-state index in [9.17, 15) is 4.79 Å². The minimum Gasteiger partial charge on any atom is -0.397 e. The molecule has 0 unspecified atom stereocenters. The van der Waals surface area contributed by atoms with E-state index in [1.807, 2.05) is 4.90 Å². The molecule has 0 atom stereocenters. The molecule has 1 aromatic heterocycles. The number of nitrogens with zero attached hydrogens (tertiary/aromatic N) is 3. The van der Waals surface area contributed by atoms with Crippen LogP contribution >= 0.6 is 24.8 Å². The van der Waals surface area contributed by atoms with Gasteiger partial charge in [0.05, 0.1) is 11.9 Å². The number of nitrogens with two attached hydrogens (primary N) is 1. The first-order valence-electron chi connectivity index (χ1n) is 7.95. The number of piperidine rings is 1. The molecule has 0 bridgehead atoms. The smallest absolute Gasteiger partial charge is 0.272 e. The first-order valence-corrected chi connectivity index (χ1v) is 7.95. The van der Waals surface area contributed by atoms with Gasteiger partial charge in [0.25, 0.3) is 5.91 Å². The zero-order valence-corrected chi connectivity index (χ0v) is 15.0. The molecule has 2 saturated heterocycles. The minimum atomic E-state index is 0. The Morgan fingerprint density at radius 2 is 1.78 bits per heavy atom. The summed E-state index contributed by atoms with van der Waals surface area (Å²) in [4.78, 5) is 21.0. The van der Waals surface area contributed by atoms with Gasteiger partial charge < -0.3 is 15.5 Å². The van der Waals surface area contributed by atoms with Crippen molar-refractivity contribution < 1.29 is 4.79 Å². The average Bonchev–Trinajstić information content (AvgIpc) is 3.01. The summed E-state index contributed by atoms with van der Waals surface area (Å²) in [5, 5.41) is 0. The average molecular weight is 361 g/mol. The molecule has 1 aromatic rings. The van der Waals surface area contributed by atoms with Gasteiger partial charge in [-0.05, 0) is 56.8 Å². The van der Waals surface area contributed by atoms with E-state index in [1.165, 1.54) is 32.5 Å². The highest BCUT2D eigenvalue weighted by Crippen LogP contribution is 2.21. The molecule has 2 fully saturated rings. The topological polar surface area (TPSA) is 62.5 Å². The van der Waals surface area contributed by atoms with Crippen LogP contribution in [-0.2, 0) is 0 Å². The van der Waals surface area contributed by atoms with Gasteiger partial charge >= 0.3 is 0 Å². The first kappa shape index (κ1) is 20.0. The van der Waals surface area contributed by atoms with Gasteiger partial charge in [-0.3, -0.25) is 4.79 Å². The second-order valence-electron chi connectivity index (χ2n) is 6.22.